The lowest BCUT2D eigenvalue weighted by atomic mass is 9.64. The number of likely N-dealkylation sites (tertiary alicyclic amines) is 1. The molecule has 38 heavy (non-hydrogen) atoms. The van der Waals surface area contributed by atoms with Crippen LogP contribution in [0.1, 0.15) is 43.2 Å². The summed E-state index contributed by atoms with van der Waals surface area (Å²) >= 11 is 6.24. The lowest BCUT2D eigenvalue weighted by Gasteiger charge is -2.46. The summed E-state index contributed by atoms with van der Waals surface area (Å²) in [4.78, 5) is 27.1. The van der Waals surface area contributed by atoms with Gasteiger partial charge in [-0.3, -0.25) is 9.59 Å². The summed E-state index contributed by atoms with van der Waals surface area (Å²) in [5, 5.41) is 10.1. The monoisotopic (exact) mass is 554 g/mol. The van der Waals surface area contributed by atoms with Crippen molar-refractivity contribution in [3.8, 4) is 6.07 Å². The van der Waals surface area contributed by atoms with Crippen molar-refractivity contribution >= 4 is 23.5 Å². The van der Waals surface area contributed by atoms with Crippen molar-refractivity contribution in [2.45, 2.75) is 43.9 Å². The second kappa shape index (κ2) is 11.7. The van der Waals surface area contributed by atoms with Crippen LogP contribution in [-0.4, -0.2) is 49.8 Å². The van der Waals surface area contributed by atoms with Crippen LogP contribution in [-0.2, 0) is 24.7 Å². The largest absolute Gasteiger partial charge is 0.466 e. The summed E-state index contributed by atoms with van der Waals surface area (Å²) < 4.78 is 67.0. The van der Waals surface area contributed by atoms with Crippen LogP contribution in [0.5, 0.6) is 0 Å². The molecule has 204 valence electrons. The number of piperidine rings is 1. The summed E-state index contributed by atoms with van der Waals surface area (Å²) in [7, 11) is 0.829. The number of rotatable bonds is 8. The second-order valence-corrected chi connectivity index (χ2v) is 9.52. The molecule has 0 radical (unpaired) electrons. The predicted molar refractivity (Wildman–Crippen MR) is 130 cm³/mol. The van der Waals surface area contributed by atoms with E-state index in [9.17, 15) is 32.4 Å². The Labute approximate surface area is 223 Å². The molecule has 0 bridgehead atoms. The zero-order valence-electron chi connectivity index (χ0n) is 20.9. The summed E-state index contributed by atoms with van der Waals surface area (Å²) in [6, 6.07) is 12.3. The van der Waals surface area contributed by atoms with Crippen LogP contribution in [0.3, 0.4) is 0 Å². The van der Waals surface area contributed by atoms with Crippen molar-refractivity contribution in [2.75, 3.05) is 26.8 Å². The van der Waals surface area contributed by atoms with Crippen molar-refractivity contribution in [3.05, 3.63) is 70.5 Å². The first-order chi connectivity index (χ1) is 18.0. The number of amides is 1. The number of halogens is 5. The first kappa shape index (κ1) is 29.4. The van der Waals surface area contributed by atoms with E-state index < -0.39 is 40.8 Å². The Morgan fingerprint density at radius 2 is 1.79 bits per heavy atom. The lowest BCUT2D eigenvalue weighted by molar-refractivity contribution is -0.271. The third kappa shape index (κ3) is 5.49. The Morgan fingerprint density at radius 3 is 2.29 bits per heavy atom. The molecule has 2 aromatic carbocycles. The molecule has 0 aromatic heterocycles. The van der Waals surface area contributed by atoms with Gasteiger partial charge < -0.3 is 14.4 Å². The zero-order chi connectivity index (χ0) is 28.1. The van der Waals surface area contributed by atoms with Gasteiger partial charge in [-0.1, -0.05) is 48.0 Å². The topological polar surface area (TPSA) is 79.6 Å². The highest BCUT2D eigenvalue weighted by Gasteiger charge is 2.64. The van der Waals surface area contributed by atoms with E-state index in [4.69, 9.17) is 21.1 Å². The Bertz CT molecular complexity index is 1190. The maximum absolute atomic E-state index is 14.4. The number of ether oxygens (including phenoxy) is 2. The fraction of sp³-hybridized carbons (Fsp3) is 0.444. The van der Waals surface area contributed by atoms with Gasteiger partial charge in [-0.15, -0.1) is 0 Å². The number of carbonyl (C=O) groups excluding carboxylic acids is 2. The number of nitriles is 1. The van der Waals surface area contributed by atoms with Crippen LogP contribution in [0.25, 0.3) is 0 Å². The van der Waals surface area contributed by atoms with Crippen LogP contribution in [0.15, 0.2) is 48.5 Å². The average molecular weight is 555 g/mol. The van der Waals surface area contributed by atoms with Gasteiger partial charge in [-0.2, -0.15) is 18.4 Å². The summed E-state index contributed by atoms with van der Waals surface area (Å²) in [5.41, 5.74) is -4.44. The molecule has 6 nitrogen and oxygen atoms in total. The van der Waals surface area contributed by atoms with E-state index in [1.165, 1.54) is 36.4 Å². The molecule has 1 unspecified atom stereocenters. The van der Waals surface area contributed by atoms with Crippen LogP contribution < -0.4 is 0 Å². The number of carbonyl (C=O) groups is 2. The van der Waals surface area contributed by atoms with E-state index >= 15 is 0 Å². The molecule has 0 saturated carbocycles. The summed E-state index contributed by atoms with van der Waals surface area (Å²) in [6.07, 6.45) is -5.31. The summed E-state index contributed by atoms with van der Waals surface area (Å²) in [6.45, 7) is 1.33. The second-order valence-electron chi connectivity index (χ2n) is 9.11. The fourth-order valence-electron chi connectivity index (χ4n) is 5.12. The SMILES string of the molecule is CCOC(=O)CC1(C(C#N)c2ccc(F)cc2Cl)CCN(C(=O)[C@](OC)(c2ccccc2)C(F)(F)F)CC1. The highest BCUT2D eigenvalue weighted by molar-refractivity contribution is 6.31. The minimum absolute atomic E-state index is 0.00404. The Hall–Kier alpha value is -3.16. The predicted octanol–water partition coefficient (Wildman–Crippen LogP) is 5.75. The molecular formula is C27H27ClF4N2O4. The molecule has 11 heteroatoms. The number of methoxy groups -OCH3 is 1. The summed E-state index contributed by atoms with van der Waals surface area (Å²) in [5.74, 6) is -3.52. The number of alkyl halides is 3. The molecule has 1 aliphatic rings. The van der Waals surface area contributed by atoms with Crippen molar-refractivity contribution in [1.29, 1.82) is 5.26 Å². The first-order valence-electron chi connectivity index (χ1n) is 11.9. The molecule has 1 heterocycles. The average Bonchev–Trinajstić information content (AvgIpc) is 2.87. The molecule has 1 fully saturated rings. The molecule has 2 atom stereocenters. The van der Waals surface area contributed by atoms with Crippen LogP contribution in [0.2, 0.25) is 5.02 Å². The van der Waals surface area contributed by atoms with E-state index in [0.717, 1.165) is 24.1 Å². The van der Waals surface area contributed by atoms with Gasteiger partial charge in [0.05, 0.1) is 25.0 Å². The van der Waals surface area contributed by atoms with E-state index in [1.54, 1.807) is 6.92 Å². The van der Waals surface area contributed by atoms with Crippen LogP contribution in [0.4, 0.5) is 17.6 Å². The molecule has 1 saturated heterocycles. The number of benzene rings is 2. The number of hydrogen-bond donors (Lipinski definition) is 0. The van der Waals surface area contributed by atoms with Gasteiger partial charge in [0.2, 0.25) is 0 Å². The molecule has 0 spiro atoms. The standard InChI is InChI=1S/C27H27ClF4N2O4/c1-3-38-23(35)16-25(21(17-33)20-10-9-19(29)15-22(20)28)11-13-34(14-12-25)24(36)26(37-2,27(30,31)32)18-7-5-4-6-8-18/h4-10,15,21H,3,11-14,16H2,1-2H3/t21?,26-/m1/s1. The van der Waals surface area contributed by atoms with Gasteiger partial charge >= 0.3 is 12.1 Å². The van der Waals surface area contributed by atoms with E-state index in [0.29, 0.717) is 0 Å². The molecule has 0 N–H and O–H groups in total. The Kier molecular flexibility index (Phi) is 9.05. The van der Waals surface area contributed by atoms with Crippen molar-refractivity contribution < 1.29 is 36.6 Å². The lowest BCUT2D eigenvalue weighted by Crippen LogP contribution is -2.59. The van der Waals surface area contributed by atoms with Gasteiger partial charge in [-0.25, -0.2) is 4.39 Å². The van der Waals surface area contributed by atoms with Gasteiger partial charge in [0.25, 0.3) is 11.5 Å². The molecule has 1 amide bonds. The van der Waals surface area contributed by atoms with E-state index in [2.05, 4.69) is 6.07 Å². The highest BCUT2D eigenvalue weighted by atomic mass is 35.5. The maximum atomic E-state index is 14.4. The minimum atomic E-state index is -5.07. The van der Waals surface area contributed by atoms with Crippen molar-refractivity contribution in [1.82, 2.24) is 4.90 Å². The van der Waals surface area contributed by atoms with Gasteiger partial charge in [0, 0.05) is 36.2 Å². The molecule has 1 aliphatic heterocycles. The first-order valence-corrected chi connectivity index (χ1v) is 12.3. The zero-order valence-corrected chi connectivity index (χ0v) is 21.6. The highest BCUT2D eigenvalue weighted by Crippen LogP contribution is 2.50. The normalized spacial score (nSPS) is 17.7. The van der Waals surface area contributed by atoms with Crippen LogP contribution in [0, 0.1) is 22.6 Å². The van der Waals surface area contributed by atoms with Gasteiger partial charge in [-0.05, 0) is 37.5 Å². The smallest absolute Gasteiger partial charge is 0.430 e. The number of nitrogens with zero attached hydrogens (tertiary/aromatic N) is 2. The third-order valence-corrected chi connectivity index (χ3v) is 7.38. The Balaban J connectivity index is 1.99. The third-order valence-electron chi connectivity index (χ3n) is 7.05. The molecular weight excluding hydrogens is 528 g/mol. The number of esters is 1. The van der Waals surface area contributed by atoms with Gasteiger partial charge in [0.1, 0.15) is 5.82 Å². The molecule has 0 aliphatic carbocycles. The van der Waals surface area contributed by atoms with Gasteiger partial charge in [0.15, 0.2) is 0 Å². The van der Waals surface area contributed by atoms with Crippen molar-refractivity contribution in [3.63, 3.8) is 0 Å². The molecule has 2 aromatic rings. The minimum Gasteiger partial charge on any atom is -0.466 e. The van der Waals surface area contributed by atoms with Crippen LogP contribution >= 0.6 is 11.6 Å². The quantitative estimate of drug-likeness (QED) is 0.306. The molecule has 3 rings (SSSR count). The fourth-order valence-corrected chi connectivity index (χ4v) is 5.40. The van der Waals surface area contributed by atoms with Crippen molar-refractivity contribution in [2.24, 2.45) is 5.41 Å². The van der Waals surface area contributed by atoms with E-state index in [1.807, 2.05) is 0 Å². The van der Waals surface area contributed by atoms with E-state index in [-0.39, 0.29) is 55.1 Å². The number of hydrogen-bond acceptors (Lipinski definition) is 5. The maximum Gasteiger partial charge on any atom is 0.430 e. The Morgan fingerprint density at radius 1 is 1.16 bits per heavy atom.